The van der Waals surface area contributed by atoms with E-state index in [9.17, 15) is 0 Å². The lowest BCUT2D eigenvalue weighted by Gasteiger charge is -2.15. The number of methoxy groups -OCH3 is 1. The maximum atomic E-state index is 6.50. The largest absolute Gasteiger partial charge is 0.496 e. The van der Waals surface area contributed by atoms with E-state index in [0.29, 0.717) is 5.02 Å². The van der Waals surface area contributed by atoms with Crippen LogP contribution in [0.1, 0.15) is 22.1 Å². The Morgan fingerprint density at radius 3 is 2.33 bits per heavy atom. The van der Waals surface area contributed by atoms with Gasteiger partial charge in [0.1, 0.15) is 5.75 Å². The third kappa shape index (κ3) is 2.80. The third-order valence-corrected chi connectivity index (χ3v) is 3.56. The Bertz CT molecular complexity index is 535. The topological polar surface area (TPSA) is 9.23 Å². The summed E-state index contributed by atoms with van der Waals surface area (Å²) in [4.78, 5) is 0. The molecule has 2 aromatic carbocycles. The van der Waals surface area contributed by atoms with Crippen LogP contribution in [0.25, 0.3) is 0 Å². The summed E-state index contributed by atoms with van der Waals surface area (Å²) in [6.07, 6.45) is 0. The van der Waals surface area contributed by atoms with E-state index < -0.39 is 0 Å². The Labute approximate surface area is 117 Å². The second kappa shape index (κ2) is 5.64. The van der Waals surface area contributed by atoms with Crippen molar-refractivity contribution in [2.45, 2.75) is 12.3 Å². The van der Waals surface area contributed by atoms with Crippen molar-refractivity contribution in [1.82, 2.24) is 0 Å². The summed E-state index contributed by atoms with van der Waals surface area (Å²) in [6.45, 7) is 2.05. The van der Waals surface area contributed by atoms with Crippen molar-refractivity contribution in [2.24, 2.45) is 0 Å². The molecule has 0 N–H and O–H groups in total. The quantitative estimate of drug-likeness (QED) is 0.720. The van der Waals surface area contributed by atoms with Gasteiger partial charge in [-0.3, -0.25) is 0 Å². The molecule has 0 aliphatic heterocycles. The summed E-state index contributed by atoms with van der Waals surface area (Å²) >= 11 is 12.5. The number of hydrogen-bond acceptors (Lipinski definition) is 1. The first-order valence-corrected chi connectivity index (χ1v) is 6.47. The lowest BCUT2D eigenvalue weighted by Crippen LogP contribution is -1.97. The predicted octanol–water partition coefficient (Wildman–Crippen LogP) is 4.99. The van der Waals surface area contributed by atoms with Crippen LogP contribution < -0.4 is 4.74 Å². The normalized spacial score (nSPS) is 12.2. The van der Waals surface area contributed by atoms with E-state index in [1.807, 2.05) is 43.3 Å². The summed E-state index contributed by atoms with van der Waals surface area (Å²) in [5, 5.41) is 0.391. The van der Waals surface area contributed by atoms with E-state index in [2.05, 4.69) is 0 Å². The first kappa shape index (κ1) is 13.3. The van der Waals surface area contributed by atoms with E-state index in [1.54, 1.807) is 13.2 Å². The number of ether oxygens (including phenoxy) is 1. The Morgan fingerprint density at radius 1 is 1.06 bits per heavy atom. The van der Waals surface area contributed by atoms with Crippen molar-refractivity contribution < 1.29 is 4.74 Å². The number of alkyl halides is 1. The van der Waals surface area contributed by atoms with E-state index in [1.165, 1.54) is 5.56 Å². The lowest BCUT2D eigenvalue weighted by molar-refractivity contribution is 0.410. The molecule has 0 aromatic heterocycles. The molecule has 0 amide bonds. The second-order valence-electron chi connectivity index (χ2n) is 4.16. The lowest BCUT2D eigenvalue weighted by atomic mass is 10.0. The molecule has 0 radical (unpaired) electrons. The molecule has 1 unspecified atom stereocenters. The smallest absolute Gasteiger partial charge is 0.123 e. The van der Waals surface area contributed by atoms with Gasteiger partial charge in [-0.05, 0) is 30.7 Å². The van der Waals surface area contributed by atoms with Gasteiger partial charge in [-0.2, -0.15) is 0 Å². The first-order chi connectivity index (χ1) is 8.61. The predicted molar refractivity (Wildman–Crippen MR) is 76.9 cm³/mol. The molecule has 18 heavy (non-hydrogen) atoms. The fourth-order valence-corrected chi connectivity index (χ4v) is 2.31. The molecule has 0 aliphatic carbocycles. The number of aryl methyl sites for hydroxylation is 1. The molecule has 0 saturated heterocycles. The molecule has 0 aliphatic rings. The van der Waals surface area contributed by atoms with Crippen molar-refractivity contribution in [1.29, 1.82) is 0 Å². The summed E-state index contributed by atoms with van der Waals surface area (Å²) in [7, 11) is 1.63. The maximum absolute atomic E-state index is 6.50. The monoisotopic (exact) mass is 280 g/mol. The van der Waals surface area contributed by atoms with Crippen LogP contribution in [0.4, 0.5) is 0 Å². The van der Waals surface area contributed by atoms with Crippen LogP contribution >= 0.6 is 23.2 Å². The van der Waals surface area contributed by atoms with Crippen LogP contribution in [0.15, 0.2) is 42.5 Å². The van der Waals surface area contributed by atoms with Gasteiger partial charge in [0.05, 0.1) is 12.5 Å². The van der Waals surface area contributed by atoms with Gasteiger partial charge in [0.2, 0.25) is 0 Å². The van der Waals surface area contributed by atoms with Gasteiger partial charge in [0.15, 0.2) is 0 Å². The van der Waals surface area contributed by atoms with Gasteiger partial charge in [-0.15, -0.1) is 11.6 Å². The fourth-order valence-electron chi connectivity index (χ4n) is 1.82. The summed E-state index contributed by atoms with van der Waals surface area (Å²) in [5.41, 5.74) is 3.12. The van der Waals surface area contributed by atoms with Crippen molar-refractivity contribution >= 4 is 23.2 Å². The average Bonchev–Trinajstić information content (AvgIpc) is 2.39. The summed E-state index contributed by atoms with van der Waals surface area (Å²) in [6, 6.07) is 13.6. The Balaban J connectivity index is 2.41. The number of benzene rings is 2. The van der Waals surface area contributed by atoms with E-state index in [-0.39, 0.29) is 5.38 Å². The first-order valence-electron chi connectivity index (χ1n) is 5.66. The zero-order chi connectivity index (χ0) is 13.1. The van der Waals surface area contributed by atoms with E-state index in [0.717, 1.165) is 16.9 Å². The molecule has 0 saturated carbocycles. The van der Waals surface area contributed by atoms with E-state index >= 15 is 0 Å². The van der Waals surface area contributed by atoms with Crippen molar-refractivity contribution in [2.75, 3.05) is 7.11 Å². The Hall–Kier alpha value is -1.18. The highest BCUT2D eigenvalue weighted by Gasteiger charge is 2.16. The molecule has 0 fully saturated rings. The molecule has 1 nitrogen and oxygen atoms in total. The third-order valence-electron chi connectivity index (χ3n) is 2.83. The second-order valence-corrected chi connectivity index (χ2v) is 5.03. The summed E-state index contributed by atoms with van der Waals surface area (Å²) < 4.78 is 5.32. The zero-order valence-corrected chi connectivity index (χ0v) is 11.8. The molecule has 2 rings (SSSR count). The van der Waals surface area contributed by atoms with Crippen molar-refractivity contribution in [3.63, 3.8) is 0 Å². The average molecular weight is 281 g/mol. The molecule has 0 bridgehead atoms. The Morgan fingerprint density at radius 2 is 1.72 bits per heavy atom. The standard InChI is InChI=1S/C15H14Cl2O/c1-10-3-5-11(6-4-10)15(17)13-9-12(16)7-8-14(13)18-2/h3-9,15H,1-2H3. The highest BCUT2D eigenvalue weighted by Crippen LogP contribution is 2.36. The fraction of sp³-hybridized carbons (Fsp3) is 0.200. The van der Waals surface area contributed by atoms with Crippen LogP contribution in [0.3, 0.4) is 0 Å². The molecule has 1 atom stereocenters. The maximum Gasteiger partial charge on any atom is 0.123 e. The molecule has 2 aromatic rings. The number of rotatable bonds is 3. The van der Waals surface area contributed by atoms with Gasteiger partial charge in [0, 0.05) is 10.6 Å². The highest BCUT2D eigenvalue weighted by molar-refractivity contribution is 6.31. The molecule has 3 heteroatoms. The number of halogens is 2. The zero-order valence-electron chi connectivity index (χ0n) is 10.3. The van der Waals surface area contributed by atoms with Gasteiger partial charge in [-0.1, -0.05) is 41.4 Å². The van der Waals surface area contributed by atoms with E-state index in [4.69, 9.17) is 27.9 Å². The van der Waals surface area contributed by atoms with Gasteiger partial charge in [-0.25, -0.2) is 0 Å². The minimum atomic E-state index is -0.265. The van der Waals surface area contributed by atoms with Crippen LogP contribution in [0.2, 0.25) is 5.02 Å². The molecular formula is C15H14Cl2O. The van der Waals surface area contributed by atoms with Crippen LogP contribution in [-0.2, 0) is 0 Å². The van der Waals surface area contributed by atoms with Gasteiger partial charge in [0.25, 0.3) is 0 Å². The molecule has 0 heterocycles. The number of hydrogen-bond donors (Lipinski definition) is 0. The summed E-state index contributed by atoms with van der Waals surface area (Å²) in [5.74, 6) is 0.750. The molecular weight excluding hydrogens is 267 g/mol. The molecule has 94 valence electrons. The van der Waals surface area contributed by atoms with Crippen LogP contribution in [-0.4, -0.2) is 7.11 Å². The van der Waals surface area contributed by atoms with Gasteiger partial charge < -0.3 is 4.74 Å². The molecule has 0 spiro atoms. The van der Waals surface area contributed by atoms with Gasteiger partial charge >= 0.3 is 0 Å². The SMILES string of the molecule is COc1ccc(Cl)cc1C(Cl)c1ccc(C)cc1. The minimum absolute atomic E-state index is 0.265. The highest BCUT2D eigenvalue weighted by atomic mass is 35.5. The Kier molecular flexibility index (Phi) is 4.15. The van der Waals surface area contributed by atoms with Crippen molar-refractivity contribution in [3.05, 3.63) is 64.2 Å². The van der Waals surface area contributed by atoms with Crippen LogP contribution in [0, 0.1) is 6.92 Å². The van der Waals surface area contributed by atoms with Crippen LogP contribution in [0.5, 0.6) is 5.75 Å². The van der Waals surface area contributed by atoms with Crippen molar-refractivity contribution in [3.8, 4) is 5.75 Å². The minimum Gasteiger partial charge on any atom is -0.496 e.